The molecule has 0 aliphatic rings. The van der Waals surface area contributed by atoms with Crippen LogP contribution in [0, 0.1) is 0 Å². The quantitative estimate of drug-likeness (QED) is 0.539. The van der Waals surface area contributed by atoms with E-state index in [0.29, 0.717) is 10.7 Å². The Kier molecular flexibility index (Phi) is 5.93. The van der Waals surface area contributed by atoms with Crippen molar-refractivity contribution in [1.29, 1.82) is 0 Å². The minimum atomic E-state index is -3.52. The van der Waals surface area contributed by atoms with Crippen molar-refractivity contribution in [3.8, 4) is 11.3 Å². The molecule has 0 N–H and O–H groups in total. The van der Waals surface area contributed by atoms with E-state index in [-0.39, 0.29) is 4.90 Å². The average Bonchev–Trinajstić information content (AvgIpc) is 2.97. The zero-order chi connectivity index (χ0) is 19.8. The van der Waals surface area contributed by atoms with Gasteiger partial charge in [-0.15, -0.1) is 11.3 Å². The van der Waals surface area contributed by atoms with E-state index in [1.807, 2.05) is 35.2 Å². The van der Waals surface area contributed by atoms with Gasteiger partial charge in [0.25, 0.3) is 0 Å². The van der Waals surface area contributed by atoms with Crippen LogP contribution in [0.4, 0.5) is 5.69 Å². The molecule has 2 aromatic carbocycles. The van der Waals surface area contributed by atoms with Crippen LogP contribution >= 0.6 is 38.9 Å². The van der Waals surface area contributed by atoms with Gasteiger partial charge in [-0.05, 0) is 30.3 Å². The highest BCUT2D eigenvalue weighted by Gasteiger charge is 2.20. The summed E-state index contributed by atoms with van der Waals surface area (Å²) in [5.41, 5.74) is 2.32. The monoisotopic (exact) mass is 485 g/mol. The normalized spacial score (nSPS) is 12.7. The fourth-order valence-corrected chi connectivity index (χ4v) is 4.90. The Balaban J connectivity index is 2.14. The molecule has 0 aliphatic heterocycles. The van der Waals surface area contributed by atoms with E-state index in [1.54, 1.807) is 24.3 Å². The van der Waals surface area contributed by atoms with E-state index in [4.69, 9.17) is 11.6 Å². The van der Waals surface area contributed by atoms with Crippen LogP contribution in [0.25, 0.3) is 11.3 Å². The van der Waals surface area contributed by atoms with E-state index in [2.05, 4.69) is 20.9 Å². The number of hydrogen-bond acceptors (Lipinski definition) is 4. The zero-order valence-electron chi connectivity index (χ0n) is 14.8. The minimum absolute atomic E-state index is 0.237. The summed E-state index contributed by atoms with van der Waals surface area (Å²) in [6.07, 6.45) is 0. The molecule has 27 heavy (non-hydrogen) atoms. The molecular formula is C18H17BrClN3O2S2. The molecule has 0 saturated heterocycles. The summed E-state index contributed by atoms with van der Waals surface area (Å²) in [6.45, 7) is 0. The lowest BCUT2D eigenvalue weighted by molar-refractivity contribution is 0.521. The molecule has 3 rings (SSSR count). The van der Waals surface area contributed by atoms with Gasteiger partial charge in [-0.3, -0.25) is 0 Å². The average molecular weight is 487 g/mol. The van der Waals surface area contributed by atoms with Gasteiger partial charge in [0.05, 0.1) is 21.3 Å². The molecule has 0 saturated carbocycles. The largest absolute Gasteiger partial charge is 0.320 e. The molecule has 0 spiro atoms. The third kappa shape index (κ3) is 4.05. The van der Waals surface area contributed by atoms with Gasteiger partial charge in [0.1, 0.15) is 0 Å². The smallest absolute Gasteiger partial charge is 0.242 e. The number of aromatic nitrogens is 1. The van der Waals surface area contributed by atoms with Crippen molar-refractivity contribution >= 4 is 54.6 Å². The number of sulfonamides is 1. The summed E-state index contributed by atoms with van der Waals surface area (Å²) in [5.74, 6) is 0. The molecular weight excluding hydrogens is 470 g/mol. The Morgan fingerprint density at radius 3 is 2.56 bits per heavy atom. The van der Waals surface area contributed by atoms with Crippen molar-refractivity contribution in [2.45, 2.75) is 4.90 Å². The van der Waals surface area contributed by atoms with Gasteiger partial charge in [0.15, 0.2) is 4.80 Å². The Morgan fingerprint density at radius 2 is 1.89 bits per heavy atom. The lowest BCUT2D eigenvalue weighted by Crippen LogP contribution is -2.22. The van der Waals surface area contributed by atoms with Crippen LogP contribution < -0.4 is 4.80 Å². The lowest BCUT2D eigenvalue weighted by Gasteiger charge is -2.13. The lowest BCUT2D eigenvalue weighted by atomic mass is 10.2. The summed E-state index contributed by atoms with van der Waals surface area (Å²) in [6, 6.07) is 12.4. The number of para-hydroxylation sites is 1. The topological polar surface area (TPSA) is 54.7 Å². The van der Waals surface area contributed by atoms with Gasteiger partial charge < -0.3 is 4.57 Å². The second kappa shape index (κ2) is 7.89. The number of benzene rings is 2. The van der Waals surface area contributed by atoms with Gasteiger partial charge in [-0.25, -0.2) is 17.7 Å². The van der Waals surface area contributed by atoms with Gasteiger partial charge in [-0.2, -0.15) is 0 Å². The minimum Gasteiger partial charge on any atom is -0.320 e. The van der Waals surface area contributed by atoms with Crippen molar-refractivity contribution in [1.82, 2.24) is 8.87 Å². The highest BCUT2D eigenvalue weighted by molar-refractivity contribution is 9.10. The molecule has 0 bridgehead atoms. The maximum Gasteiger partial charge on any atom is 0.242 e. The first-order chi connectivity index (χ1) is 12.7. The molecule has 1 aromatic heterocycles. The van der Waals surface area contributed by atoms with E-state index >= 15 is 0 Å². The van der Waals surface area contributed by atoms with Gasteiger partial charge in [0.2, 0.25) is 10.0 Å². The van der Waals surface area contributed by atoms with Gasteiger partial charge >= 0.3 is 0 Å². The Morgan fingerprint density at radius 1 is 1.19 bits per heavy atom. The second-order valence-corrected chi connectivity index (χ2v) is 10.2. The number of rotatable bonds is 4. The summed E-state index contributed by atoms with van der Waals surface area (Å²) in [7, 11) is 1.40. The highest BCUT2D eigenvalue weighted by Crippen LogP contribution is 2.31. The third-order valence-electron chi connectivity index (χ3n) is 3.99. The zero-order valence-corrected chi connectivity index (χ0v) is 18.8. The van der Waals surface area contributed by atoms with Crippen molar-refractivity contribution in [3.63, 3.8) is 0 Å². The molecule has 0 fully saturated rings. The van der Waals surface area contributed by atoms with Crippen LogP contribution in [0.15, 0.2) is 62.2 Å². The Hall–Kier alpha value is -1.45. The maximum absolute atomic E-state index is 12.5. The second-order valence-electron chi connectivity index (χ2n) is 5.95. The predicted octanol–water partition coefficient (Wildman–Crippen LogP) is 4.65. The molecule has 0 aliphatic carbocycles. The number of hydrogen-bond donors (Lipinski definition) is 0. The van der Waals surface area contributed by atoms with E-state index in [0.717, 1.165) is 20.5 Å². The fourth-order valence-electron chi connectivity index (χ4n) is 2.43. The first-order valence-electron chi connectivity index (χ1n) is 7.88. The first-order valence-corrected chi connectivity index (χ1v) is 11.4. The predicted molar refractivity (Wildman–Crippen MR) is 114 cm³/mol. The number of thiazole rings is 1. The molecule has 1 heterocycles. The molecule has 0 amide bonds. The molecule has 9 heteroatoms. The van der Waals surface area contributed by atoms with Crippen LogP contribution in [0.1, 0.15) is 0 Å². The molecule has 0 radical (unpaired) electrons. The van der Waals surface area contributed by atoms with E-state index in [1.165, 1.54) is 29.7 Å². The van der Waals surface area contributed by atoms with Crippen molar-refractivity contribution in [2.75, 3.05) is 14.1 Å². The van der Waals surface area contributed by atoms with Crippen LogP contribution in [0.3, 0.4) is 0 Å². The summed E-state index contributed by atoms with van der Waals surface area (Å²) in [5, 5.41) is 2.52. The van der Waals surface area contributed by atoms with Gasteiger partial charge in [-0.1, -0.05) is 39.7 Å². The molecule has 0 unspecified atom stereocenters. The molecule has 5 nitrogen and oxygen atoms in total. The number of nitrogens with zero attached hydrogens (tertiary/aromatic N) is 3. The highest BCUT2D eigenvalue weighted by atomic mass is 79.9. The van der Waals surface area contributed by atoms with Crippen molar-refractivity contribution in [3.05, 3.63) is 62.1 Å². The summed E-state index contributed by atoms with van der Waals surface area (Å²) in [4.78, 5) is 5.62. The van der Waals surface area contributed by atoms with Crippen LogP contribution in [0.2, 0.25) is 5.02 Å². The Labute approximate surface area is 175 Å². The molecule has 0 atom stereocenters. The van der Waals surface area contributed by atoms with E-state index < -0.39 is 10.0 Å². The standard InChI is InChI=1S/C18H17BrClN3O2S2/c1-22(2)27(24,25)12-8-9-14(19)13(10-12)17-11-26-18(23(17)3)21-16-7-5-4-6-15(16)20/h4-11H,1-3H3. The SMILES string of the molecule is CN(C)S(=O)(=O)c1ccc(Br)c(-c2csc(=Nc3ccccc3Cl)n2C)c1. The van der Waals surface area contributed by atoms with Crippen LogP contribution in [-0.4, -0.2) is 31.4 Å². The van der Waals surface area contributed by atoms with Crippen LogP contribution in [0.5, 0.6) is 0 Å². The van der Waals surface area contributed by atoms with Crippen molar-refractivity contribution < 1.29 is 8.42 Å². The van der Waals surface area contributed by atoms with Gasteiger partial charge in [0, 0.05) is 36.6 Å². The fraction of sp³-hybridized carbons (Fsp3) is 0.167. The van der Waals surface area contributed by atoms with Crippen molar-refractivity contribution in [2.24, 2.45) is 12.0 Å². The summed E-state index contributed by atoms with van der Waals surface area (Å²) < 4.78 is 28.9. The molecule has 142 valence electrons. The summed E-state index contributed by atoms with van der Waals surface area (Å²) >= 11 is 11.2. The van der Waals surface area contributed by atoms with E-state index in [9.17, 15) is 8.42 Å². The maximum atomic E-state index is 12.5. The number of halogens is 2. The molecule has 3 aromatic rings. The van der Waals surface area contributed by atoms with Crippen LogP contribution in [-0.2, 0) is 17.1 Å². The first kappa shape index (κ1) is 20.3. The Bertz CT molecular complexity index is 1170. The third-order valence-corrected chi connectivity index (χ3v) is 7.72.